The highest BCUT2D eigenvalue weighted by atomic mass is 35.5. The quantitative estimate of drug-likeness (QED) is 0.414. The van der Waals surface area contributed by atoms with Gasteiger partial charge >= 0.3 is 5.97 Å². The fourth-order valence-corrected chi connectivity index (χ4v) is 3.40. The Morgan fingerprint density at radius 1 is 1.26 bits per heavy atom. The van der Waals surface area contributed by atoms with Crippen LogP contribution in [-0.4, -0.2) is 23.7 Å². The molecule has 3 rings (SSSR count). The summed E-state index contributed by atoms with van der Waals surface area (Å²) in [7, 11) is 1.21. The van der Waals surface area contributed by atoms with E-state index in [0.29, 0.717) is 21.3 Å². The van der Waals surface area contributed by atoms with Crippen LogP contribution in [0.4, 0.5) is 5.69 Å². The van der Waals surface area contributed by atoms with Gasteiger partial charge in [-0.15, -0.1) is 0 Å². The minimum atomic E-state index is -0.876. The standard InChI is InChI=1S/C18H14Cl2N2O5/c1-18(11-6-12(19)8-13(20)7-11)9-15(21-27-18)14-4-3-10(17(23)26-2)5-16(14)22(24)25/h3-8H,9H2,1-2H3. The average Bonchev–Trinajstić information content (AvgIpc) is 3.03. The van der Waals surface area contributed by atoms with E-state index in [1.165, 1.54) is 19.2 Å². The molecule has 1 heterocycles. The lowest BCUT2D eigenvalue weighted by Gasteiger charge is -2.22. The van der Waals surface area contributed by atoms with Crippen LogP contribution in [-0.2, 0) is 15.2 Å². The normalized spacial score (nSPS) is 18.6. The number of nitrogens with zero attached hydrogens (tertiary/aromatic N) is 2. The van der Waals surface area contributed by atoms with Gasteiger partial charge in [-0.3, -0.25) is 10.1 Å². The summed E-state index contributed by atoms with van der Waals surface area (Å²) in [6, 6.07) is 9.09. The summed E-state index contributed by atoms with van der Waals surface area (Å²) in [6.45, 7) is 1.79. The summed E-state index contributed by atoms with van der Waals surface area (Å²) in [5.41, 5.74) is 0.304. The number of esters is 1. The van der Waals surface area contributed by atoms with Crippen molar-refractivity contribution in [2.75, 3.05) is 7.11 Å². The van der Waals surface area contributed by atoms with Gasteiger partial charge in [0.25, 0.3) is 5.69 Å². The minimum Gasteiger partial charge on any atom is -0.465 e. The number of carbonyl (C=O) groups is 1. The molecule has 0 amide bonds. The molecule has 0 bridgehead atoms. The van der Waals surface area contributed by atoms with E-state index in [-0.39, 0.29) is 23.2 Å². The molecule has 27 heavy (non-hydrogen) atoms. The van der Waals surface area contributed by atoms with Crippen LogP contribution in [0.3, 0.4) is 0 Å². The predicted molar refractivity (Wildman–Crippen MR) is 100 cm³/mol. The first-order valence-electron chi connectivity index (χ1n) is 7.82. The third-order valence-electron chi connectivity index (χ3n) is 4.26. The summed E-state index contributed by atoms with van der Waals surface area (Å²) in [5.74, 6) is -0.660. The van der Waals surface area contributed by atoms with Crippen molar-refractivity contribution in [1.82, 2.24) is 0 Å². The minimum absolute atomic E-state index is 0.0804. The first-order chi connectivity index (χ1) is 12.7. The van der Waals surface area contributed by atoms with Crippen LogP contribution in [0, 0.1) is 10.1 Å². The van der Waals surface area contributed by atoms with Crippen molar-refractivity contribution in [2.45, 2.75) is 18.9 Å². The highest BCUT2D eigenvalue weighted by Crippen LogP contribution is 2.39. The van der Waals surface area contributed by atoms with Gasteiger partial charge in [0.2, 0.25) is 0 Å². The molecule has 2 aromatic carbocycles. The molecule has 0 aliphatic carbocycles. The Balaban J connectivity index is 1.96. The van der Waals surface area contributed by atoms with E-state index >= 15 is 0 Å². The van der Waals surface area contributed by atoms with Crippen molar-refractivity contribution in [3.05, 3.63) is 73.2 Å². The van der Waals surface area contributed by atoms with Crippen LogP contribution in [0.1, 0.15) is 34.8 Å². The summed E-state index contributed by atoms with van der Waals surface area (Å²) in [4.78, 5) is 28.2. The number of ether oxygens (including phenoxy) is 1. The molecule has 0 saturated carbocycles. The Hall–Kier alpha value is -2.64. The molecule has 0 spiro atoms. The van der Waals surface area contributed by atoms with Gasteiger partial charge in [-0.2, -0.15) is 0 Å². The number of nitro benzene ring substituents is 1. The SMILES string of the molecule is COC(=O)c1ccc(C2=NOC(C)(c3cc(Cl)cc(Cl)c3)C2)c([N+](=O)[O-])c1. The van der Waals surface area contributed by atoms with Crippen LogP contribution < -0.4 is 0 Å². The van der Waals surface area contributed by atoms with E-state index in [4.69, 9.17) is 28.0 Å². The highest BCUT2D eigenvalue weighted by Gasteiger charge is 2.39. The molecule has 0 aromatic heterocycles. The number of halogens is 2. The van der Waals surface area contributed by atoms with Crippen molar-refractivity contribution in [3.63, 3.8) is 0 Å². The Bertz CT molecular complexity index is 956. The summed E-state index contributed by atoms with van der Waals surface area (Å²) in [5, 5.41) is 16.4. The topological polar surface area (TPSA) is 91.0 Å². The third kappa shape index (κ3) is 3.74. The van der Waals surface area contributed by atoms with E-state index in [1.807, 2.05) is 0 Å². The van der Waals surface area contributed by atoms with Crippen LogP contribution >= 0.6 is 23.2 Å². The fourth-order valence-electron chi connectivity index (χ4n) is 2.87. The van der Waals surface area contributed by atoms with Crippen molar-refractivity contribution in [1.29, 1.82) is 0 Å². The van der Waals surface area contributed by atoms with E-state index in [1.54, 1.807) is 25.1 Å². The molecule has 0 N–H and O–H groups in total. The van der Waals surface area contributed by atoms with E-state index in [2.05, 4.69) is 9.89 Å². The number of oxime groups is 1. The maximum absolute atomic E-state index is 11.6. The molecule has 2 aromatic rings. The van der Waals surface area contributed by atoms with Crippen molar-refractivity contribution in [3.8, 4) is 0 Å². The van der Waals surface area contributed by atoms with Crippen molar-refractivity contribution >= 4 is 40.6 Å². The van der Waals surface area contributed by atoms with Crippen LogP contribution in [0.5, 0.6) is 0 Å². The Morgan fingerprint density at radius 3 is 2.52 bits per heavy atom. The van der Waals surface area contributed by atoms with Gasteiger partial charge in [0.05, 0.1) is 28.9 Å². The molecular weight excluding hydrogens is 395 g/mol. The fraction of sp³-hybridized carbons (Fsp3) is 0.222. The lowest BCUT2D eigenvalue weighted by molar-refractivity contribution is -0.385. The van der Waals surface area contributed by atoms with Crippen LogP contribution in [0.2, 0.25) is 10.0 Å². The Labute approximate surface area is 164 Å². The third-order valence-corrected chi connectivity index (χ3v) is 4.70. The van der Waals surface area contributed by atoms with Gasteiger partial charge in [0, 0.05) is 28.1 Å². The van der Waals surface area contributed by atoms with Crippen molar-refractivity contribution in [2.24, 2.45) is 5.16 Å². The lowest BCUT2D eigenvalue weighted by Crippen LogP contribution is -2.22. The first kappa shape index (κ1) is 19.1. The molecular formula is C18H14Cl2N2O5. The second kappa shape index (κ2) is 7.17. The van der Waals surface area contributed by atoms with Gasteiger partial charge in [-0.25, -0.2) is 4.79 Å². The van der Waals surface area contributed by atoms with Gasteiger partial charge in [0.15, 0.2) is 5.60 Å². The monoisotopic (exact) mass is 408 g/mol. The predicted octanol–water partition coefficient (Wildman–Crippen LogP) is 4.73. The van der Waals surface area contributed by atoms with Gasteiger partial charge in [0.1, 0.15) is 0 Å². The molecule has 9 heteroatoms. The smallest absolute Gasteiger partial charge is 0.338 e. The Morgan fingerprint density at radius 2 is 1.93 bits per heavy atom. The molecule has 0 saturated heterocycles. The van der Waals surface area contributed by atoms with Gasteiger partial charge in [-0.05, 0) is 37.3 Å². The number of rotatable bonds is 4. The first-order valence-corrected chi connectivity index (χ1v) is 8.58. The second-order valence-corrected chi connectivity index (χ2v) is 7.05. The van der Waals surface area contributed by atoms with E-state index in [0.717, 1.165) is 6.07 Å². The zero-order valence-electron chi connectivity index (χ0n) is 14.4. The number of benzene rings is 2. The molecule has 0 fully saturated rings. The molecule has 7 nitrogen and oxygen atoms in total. The number of carbonyl (C=O) groups excluding carboxylic acids is 1. The zero-order chi connectivity index (χ0) is 19.8. The maximum atomic E-state index is 11.6. The zero-order valence-corrected chi connectivity index (χ0v) is 15.9. The second-order valence-electron chi connectivity index (χ2n) is 6.18. The molecule has 140 valence electrons. The largest absolute Gasteiger partial charge is 0.465 e. The molecule has 1 aliphatic rings. The molecule has 1 atom stereocenters. The summed E-state index contributed by atoms with van der Waals surface area (Å²) < 4.78 is 4.61. The number of nitro groups is 1. The van der Waals surface area contributed by atoms with Gasteiger partial charge in [-0.1, -0.05) is 28.4 Å². The van der Waals surface area contributed by atoms with Crippen LogP contribution in [0.25, 0.3) is 0 Å². The van der Waals surface area contributed by atoms with Gasteiger partial charge < -0.3 is 9.57 Å². The number of methoxy groups -OCH3 is 1. The van der Waals surface area contributed by atoms with Crippen LogP contribution in [0.15, 0.2) is 41.6 Å². The van der Waals surface area contributed by atoms with E-state index < -0.39 is 16.5 Å². The molecule has 0 radical (unpaired) electrons. The number of hydrogen-bond donors (Lipinski definition) is 0. The molecule has 1 unspecified atom stereocenters. The van der Waals surface area contributed by atoms with E-state index in [9.17, 15) is 14.9 Å². The lowest BCUT2D eigenvalue weighted by atomic mass is 9.88. The number of hydrogen-bond acceptors (Lipinski definition) is 6. The Kier molecular flexibility index (Phi) is 5.08. The maximum Gasteiger partial charge on any atom is 0.338 e. The van der Waals surface area contributed by atoms with Crippen molar-refractivity contribution < 1.29 is 19.3 Å². The average molecular weight is 409 g/mol. The molecule has 1 aliphatic heterocycles. The summed E-state index contributed by atoms with van der Waals surface area (Å²) >= 11 is 12.1. The highest BCUT2D eigenvalue weighted by molar-refractivity contribution is 6.34. The summed E-state index contributed by atoms with van der Waals surface area (Å²) in [6.07, 6.45) is 0.266.